The lowest BCUT2D eigenvalue weighted by Crippen LogP contribution is -2.04. The first-order valence-electron chi connectivity index (χ1n) is 3.74. The van der Waals surface area contributed by atoms with Crippen molar-refractivity contribution in [2.45, 2.75) is 19.8 Å². The summed E-state index contributed by atoms with van der Waals surface area (Å²) >= 11 is 0. The third kappa shape index (κ3) is 2.30. The lowest BCUT2D eigenvalue weighted by atomic mass is 10.3. The topological polar surface area (TPSA) is 63.1 Å². The van der Waals surface area contributed by atoms with Gasteiger partial charge in [0, 0.05) is 12.4 Å². The standard InChI is InChI=1S/C8H10N2O2/c1-2-6-4-9-7(10-5-6)3-8(11)12/h4-5H,2-3H2,1H3,(H,11,12). The highest BCUT2D eigenvalue weighted by Gasteiger charge is 2.01. The Morgan fingerprint density at radius 3 is 2.50 bits per heavy atom. The maximum Gasteiger partial charge on any atom is 0.311 e. The fraction of sp³-hybridized carbons (Fsp3) is 0.375. The molecule has 0 fully saturated rings. The Kier molecular flexibility index (Phi) is 2.74. The molecule has 4 heteroatoms. The van der Waals surface area contributed by atoms with Gasteiger partial charge in [-0.2, -0.15) is 0 Å². The molecule has 0 unspecified atom stereocenters. The summed E-state index contributed by atoms with van der Waals surface area (Å²) in [7, 11) is 0. The van der Waals surface area contributed by atoms with Crippen LogP contribution < -0.4 is 0 Å². The molecule has 0 radical (unpaired) electrons. The highest BCUT2D eigenvalue weighted by Crippen LogP contribution is 1.97. The van der Waals surface area contributed by atoms with E-state index in [2.05, 4.69) is 9.97 Å². The van der Waals surface area contributed by atoms with Gasteiger partial charge in [-0.05, 0) is 12.0 Å². The Balaban J connectivity index is 2.71. The zero-order chi connectivity index (χ0) is 8.97. The first-order valence-corrected chi connectivity index (χ1v) is 3.74. The van der Waals surface area contributed by atoms with Gasteiger partial charge in [-0.1, -0.05) is 6.92 Å². The van der Waals surface area contributed by atoms with E-state index in [1.54, 1.807) is 12.4 Å². The summed E-state index contributed by atoms with van der Waals surface area (Å²) in [5.41, 5.74) is 1.02. The molecule has 1 aromatic heterocycles. The van der Waals surface area contributed by atoms with Crippen LogP contribution in [0.3, 0.4) is 0 Å². The molecule has 0 spiro atoms. The number of rotatable bonds is 3. The van der Waals surface area contributed by atoms with E-state index in [9.17, 15) is 4.79 Å². The third-order valence-electron chi connectivity index (χ3n) is 1.48. The second kappa shape index (κ2) is 3.80. The van der Waals surface area contributed by atoms with Crippen LogP contribution in [-0.2, 0) is 17.6 Å². The van der Waals surface area contributed by atoms with Crippen LogP contribution in [0, 0.1) is 0 Å². The molecular formula is C8H10N2O2. The number of hydrogen-bond donors (Lipinski definition) is 1. The molecule has 64 valence electrons. The molecule has 0 saturated heterocycles. The maximum atomic E-state index is 10.2. The van der Waals surface area contributed by atoms with E-state index in [0.29, 0.717) is 5.82 Å². The number of nitrogens with zero attached hydrogens (tertiary/aromatic N) is 2. The Labute approximate surface area is 70.3 Å². The molecule has 0 saturated carbocycles. The summed E-state index contributed by atoms with van der Waals surface area (Å²) in [4.78, 5) is 18.0. The normalized spacial score (nSPS) is 9.75. The average Bonchev–Trinajstić information content (AvgIpc) is 2.05. The molecule has 1 rings (SSSR count). The van der Waals surface area contributed by atoms with Gasteiger partial charge in [0.15, 0.2) is 0 Å². The molecule has 0 amide bonds. The number of aliphatic carboxylic acids is 1. The Bertz CT molecular complexity index is 269. The zero-order valence-electron chi connectivity index (χ0n) is 6.82. The summed E-state index contributed by atoms with van der Waals surface area (Å²) < 4.78 is 0. The van der Waals surface area contributed by atoms with Crippen LogP contribution in [0.1, 0.15) is 18.3 Å². The van der Waals surface area contributed by atoms with Gasteiger partial charge < -0.3 is 5.11 Å². The fourth-order valence-corrected chi connectivity index (χ4v) is 0.791. The summed E-state index contributed by atoms with van der Waals surface area (Å²) in [6.45, 7) is 2.00. The number of aromatic nitrogens is 2. The summed E-state index contributed by atoms with van der Waals surface area (Å²) in [6, 6.07) is 0. The van der Waals surface area contributed by atoms with Gasteiger partial charge in [-0.15, -0.1) is 0 Å². The second-order valence-electron chi connectivity index (χ2n) is 2.43. The number of aryl methyl sites for hydroxylation is 1. The molecular weight excluding hydrogens is 156 g/mol. The van der Waals surface area contributed by atoms with Crippen molar-refractivity contribution < 1.29 is 9.90 Å². The van der Waals surface area contributed by atoms with Crippen LogP contribution in [0.2, 0.25) is 0 Å². The second-order valence-corrected chi connectivity index (χ2v) is 2.43. The zero-order valence-corrected chi connectivity index (χ0v) is 6.82. The Morgan fingerprint density at radius 1 is 1.50 bits per heavy atom. The van der Waals surface area contributed by atoms with Gasteiger partial charge in [0.25, 0.3) is 0 Å². The molecule has 0 aliphatic rings. The SMILES string of the molecule is CCc1cnc(CC(=O)O)nc1. The van der Waals surface area contributed by atoms with Gasteiger partial charge in [0.2, 0.25) is 0 Å². The van der Waals surface area contributed by atoms with Crippen molar-refractivity contribution in [3.05, 3.63) is 23.8 Å². The highest BCUT2D eigenvalue weighted by molar-refractivity contribution is 5.68. The molecule has 0 bridgehead atoms. The van der Waals surface area contributed by atoms with Crippen molar-refractivity contribution in [1.29, 1.82) is 0 Å². The third-order valence-corrected chi connectivity index (χ3v) is 1.48. The largest absolute Gasteiger partial charge is 0.481 e. The van der Waals surface area contributed by atoms with Crippen molar-refractivity contribution in [3.8, 4) is 0 Å². The monoisotopic (exact) mass is 166 g/mol. The summed E-state index contributed by atoms with van der Waals surface area (Å²) in [5.74, 6) is -0.543. The van der Waals surface area contributed by atoms with E-state index in [1.165, 1.54) is 0 Å². The molecule has 0 aliphatic heterocycles. The van der Waals surface area contributed by atoms with Crippen molar-refractivity contribution in [2.24, 2.45) is 0 Å². The first-order chi connectivity index (χ1) is 5.72. The van der Waals surface area contributed by atoms with Crippen LogP contribution in [0.5, 0.6) is 0 Å². The van der Waals surface area contributed by atoms with Crippen LogP contribution >= 0.6 is 0 Å². The summed E-state index contributed by atoms with van der Waals surface area (Å²) in [5, 5.41) is 8.41. The quantitative estimate of drug-likeness (QED) is 0.716. The first kappa shape index (κ1) is 8.64. The maximum absolute atomic E-state index is 10.2. The number of hydrogen-bond acceptors (Lipinski definition) is 3. The minimum absolute atomic E-state index is 0.107. The van der Waals surface area contributed by atoms with Crippen molar-refractivity contribution >= 4 is 5.97 Å². The number of carboxylic acids is 1. The van der Waals surface area contributed by atoms with E-state index in [0.717, 1.165) is 12.0 Å². The van der Waals surface area contributed by atoms with E-state index in [4.69, 9.17) is 5.11 Å². The average molecular weight is 166 g/mol. The molecule has 1 heterocycles. The smallest absolute Gasteiger partial charge is 0.311 e. The van der Waals surface area contributed by atoms with Gasteiger partial charge >= 0.3 is 5.97 Å². The lowest BCUT2D eigenvalue weighted by molar-refractivity contribution is -0.136. The summed E-state index contributed by atoms with van der Waals surface area (Å²) in [6.07, 6.45) is 4.08. The fourth-order valence-electron chi connectivity index (χ4n) is 0.791. The highest BCUT2D eigenvalue weighted by atomic mass is 16.4. The minimum Gasteiger partial charge on any atom is -0.481 e. The van der Waals surface area contributed by atoms with Crippen LogP contribution in [-0.4, -0.2) is 21.0 Å². The Morgan fingerprint density at radius 2 is 2.08 bits per heavy atom. The molecule has 1 aromatic rings. The van der Waals surface area contributed by atoms with Gasteiger partial charge in [0.1, 0.15) is 12.2 Å². The molecule has 0 atom stereocenters. The minimum atomic E-state index is -0.903. The van der Waals surface area contributed by atoms with E-state index in [-0.39, 0.29) is 6.42 Å². The molecule has 0 aromatic carbocycles. The predicted molar refractivity (Wildman–Crippen MR) is 42.7 cm³/mol. The molecule has 12 heavy (non-hydrogen) atoms. The number of carboxylic acid groups (broad SMARTS) is 1. The van der Waals surface area contributed by atoms with Crippen LogP contribution in [0.15, 0.2) is 12.4 Å². The van der Waals surface area contributed by atoms with Crippen molar-refractivity contribution in [1.82, 2.24) is 9.97 Å². The van der Waals surface area contributed by atoms with Crippen molar-refractivity contribution in [3.63, 3.8) is 0 Å². The van der Waals surface area contributed by atoms with Gasteiger partial charge in [-0.3, -0.25) is 4.79 Å². The number of carbonyl (C=O) groups is 1. The molecule has 4 nitrogen and oxygen atoms in total. The van der Waals surface area contributed by atoms with E-state index in [1.807, 2.05) is 6.92 Å². The van der Waals surface area contributed by atoms with E-state index < -0.39 is 5.97 Å². The molecule has 0 aliphatic carbocycles. The van der Waals surface area contributed by atoms with E-state index >= 15 is 0 Å². The lowest BCUT2D eigenvalue weighted by Gasteiger charge is -1.96. The predicted octanol–water partition coefficient (Wildman–Crippen LogP) is 0.666. The van der Waals surface area contributed by atoms with Crippen LogP contribution in [0.25, 0.3) is 0 Å². The van der Waals surface area contributed by atoms with Crippen molar-refractivity contribution in [2.75, 3.05) is 0 Å². The van der Waals surface area contributed by atoms with Gasteiger partial charge in [-0.25, -0.2) is 9.97 Å². The molecule has 1 N–H and O–H groups in total. The Hall–Kier alpha value is -1.45. The van der Waals surface area contributed by atoms with Crippen LogP contribution in [0.4, 0.5) is 0 Å². The van der Waals surface area contributed by atoms with Gasteiger partial charge in [0.05, 0.1) is 0 Å².